The van der Waals surface area contributed by atoms with Gasteiger partial charge in [0.2, 0.25) is 0 Å². The van der Waals surface area contributed by atoms with Gasteiger partial charge in [-0.2, -0.15) is 5.10 Å². The number of aryl methyl sites for hydroxylation is 1. The Morgan fingerprint density at radius 2 is 2.33 bits per heavy atom. The van der Waals surface area contributed by atoms with Crippen LogP contribution >= 0.6 is 27.5 Å². The monoisotopic (exact) mass is 245 g/mol. The summed E-state index contributed by atoms with van der Waals surface area (Å²) in [6.45, 7) is 1.98. The van der Waals surface area contributed by atoms with E-state index in [0.29, 0.717) is 5.15 Å². The molecule has 0 fully saturated rings. The Labute approximate surface area is 82.5 Å². The molecule has 5 heteroatoms. The lowest BCUT2D eigenvalue weighted by molar-refractivity contribution is 0.900. The standard InChI is InChI=1S/C7H5BrClN3/c1-4-2-12-6(5(4)8)7(9)10-3-11-12/h2-3H,1H3. The number of nitrogens with zero attached hydrogens (tertiary/aromatic N) is 3. The molecule has 3 nitrogen and oxygen atoms in total. The quantitative estimate of drug-likeness (QED) is 0.715. The van der Waals surface area contributed by atoms with E-state index in [1.54, 1.807) is 4.52 Å². The topological polar surface area (TPSA) is 30.2 Å². The fourth-order valence-electron chi connectivity index (χ4n) is 1.06. The lowest BCUT2D eigenvalue weighted by atomic mass is 10.4. The van der Waals surface area contributed by atoms with Crippen molar-refractivity contribution in [3.05, 3.63) is 27.7 Å². The summed E-state index contributed by atoms with van der Waals surface area (Å²) in [5, 5.41) is 4.48. The summed E-state index contributed by atoms with van der Waals surface area (Å²) >= 11 is 9.29. The molecule has 12 heavy (non-hydrogen) atoms. The van der Waals surface area contributed by atoms with Crippen LogP contribution in [0.5, 0.6) is 0 Å². The van der Waals surface area contributed by atoms with Crippen molar-refractivity contribution < 1.29 is 0 Å². The Kier molecular flexibility index (Phi) is 1.81. The molecule has 0 saturated heterocycles. The molecule has 0 unspecified atom stereocenters. The molecule has 0 spiro atoms. The van der Waals surface area contributed by atoms with Gasteiger partial charge in [-0.05, 0) is 28.4 Å². The average molecular weight is 246 g/mol. The molecule has 0 aliphatic carbocycles. The van der Waals surface area contributed by atoms with Crippen LogP contribution in [0, 0.1) is 6.92 Å². The number of fused-ring (bicyclic) bond motifs is 1. The zero-order valence-corrected chi connectivity index (χ0v) is 8.59. The van der Waals surface area contributed by atoms with E-state index in [9.17, 15) is 0 Å². The van der Waals surface area contributed by atoms with E-state index in [0.717, 1.165) is 15.6 Å². The largest absolute Gasteiger partial charge is 0.235 e. The third-order valence-electron chi connectivity index (χ3n) is 1.64. The molecule has 0 radical (unpaired) electrons. The van der Waals surface area contributed by atoms with Gasteiger partial charge in [0.15, 0.2) is 5.15 Å². The average Bonchev–Trinajstić information content (AvgIpc) is 2.29. The van der Waals surface area contributed by atoms with E-state index in [-0.39, 0.29) is 0 Å². The van der Waals surface area contributed by atoms with Crippen LogP contribution in [0.25, 0.3) is 5.52 Å². The van der Waals surface area contributed by atoms with Crippen LogP contribution in [-0.2, 0) is 0 Å². The SMILES string of the molecule is Cc1cn2ncnc(Cl)c2c1Br. The first kappa shape index (κ1) is 8.01. The number of aromatic nitrogens is 3. The molecular formula is C7H5BrClN3. The number of hydrogen-bond donors (Lipinski definition) is 0. The maximum atomic E-state index is 5.87. The highest BCUT2D eigenvalue weighted by atomic mass is 79.9. The molecule has 0 aliphatic heterocycles. The molecule has 2 aromatic heterocycles. The smallest absolute Gasteiger partial charge is 0.157 e. The lowest BCUT2D eigenvalue weighted by Gasteiger charge is -1.93. The Morgan fingerprint density at radius 3 is 3.00 bits per heavy atom. The summed E-state index contributed by atoms with van der Waals surface area (Å²) in [6, 6.07) is 0. The molecule has 2 aromatic rings. The Bertz CT molecular complexity index is 437. The van der Waals surface area contributed by atoms with Crippen molar-refractivity contribution in [3.63, 3.8) is 0 Å². The van der Waals surface area contributed by atoms with Crippen LogP contribution in [-0.4, -0.2) is 14.6 Å². The minimum atomic E-state index is 0.463. The van der Waals surface area contributed by atoms with E-state index in [1.165, 1.54) is 6.33 Å². The molecule has 0 aliphatic rings. The molecular weight excluding hydrogens is 241 g/mol. The second-order valence-electron chi connectivity index (χ2n) is 2.47. The summed E-state index contributed by atoms with van der Waals surface area (Å²) in [5.74, 6) is 0. The summed E-state index contributed by atoms with van der Waals surface area (Å²) in [5.41, 5.74) is 1.91. The Morgan fingerprint density at radius 1 is 1.58 bits per heavy atom. The first-order chi connectivity index (χ1) is 5.70. The van der Waals surface area contributed by atoms with Crippen molar-refractivity contribution in [2.75, 3.05) is 0 Å². The molecule has 0 aromatic carbocycles. The molecule has 0 atom stereocenters. The first-order valence-electron chi connectivity index (χ1n) is 3.34. The Hall–Kier alpha value is -0.610. The minimum Gasteiger partial charge on any atom is -0.235 e. The van der Waals surface area contributed by atoms with Crippen molar-refractivity contribution in [1.29, 1.82) is 0 Å². The van der Waals surface area contributed by atoms with E-state index < -0.39 is 0 Å². The number of halogens is 2. The van der Waals surface area contributed by atoms with E-state index in [4.69, 9.17) is 11.6 Å². The molecule has 62 valence electrons. The first-order valence-corrected chi connectivity index (χ1v) is 4.51. The van der Waals surface area contributed by atoms with Crippen molar-refractivity contribution in [2.45, 2.75) is 6.92 Å². The van der Waals surface area contributed by atoms with Gasteiger partial charge in [0.25, 0.3) is 0 Å². The van der Waals surface area contributed by atoms with Crippen molar-refractivity contribution in [3.8, 4) is 0 Å². The van der Waals surface area contributed by atoms with Crippen molar-refractivity contribution >= 4 is 33.0 Å². The van der Waals surface area contributed by atoms with Crippen molar-refractivity contribution in [2.24, 2.45) is 0 Å². The van der Waals surface area contributed by atoms with Gasteiger partial charge in [0.1, 0.15) is 11.8 Å². The lowest BCUT2D eigenvalue weighted by Crippen LogP contribution is -1.90. The van der Waals surface area contributed by atoms with Gasteiger partial charge in [-0.15, -0.1) is 0 Å². The summed E-state index contributed by atoms with van der Waals surface area (Å²) < 4.78 is 2.66. The zero-order chi connectivity index (χ0) is 8.72. The second-order valence-corrected chi connectivity index (χ2v) is 3.62. The van der Waals surface area contributed by atoms with E-state index >= 15 is 0 Å². The highest BCUT2D eigenvalue weighted by Gasteiger charge is 2.08. The van der Waals surface area contributed by atoms with Crippen molar-refractivity contribution in [1.82, 2.24) is 14.6 Å². The summed E-state index contributed by atoms with van der Waals surface area (Å²) in [6.07, 6.45) is 3.33. The van der Waals surface area contributed by atoms with Crippen LogP contribution in [0.15, 0.2) is 17.0 Å². The maximum absolute atomic E-state index is 5.87. The van der Waals surface area contributed by atoms with E-state index in [1.807, 2.05) is 13.1 Å². The second kappa shape index (κ2) is 2.71. The van der Waals surface area contributed by atoms with Crippen LogP contribution < -0.4 is 0 Å². The van der Waals surface area contributed by atoms with E-state index in [2.05, 4.69) is 26.0 Å². The van der Waals surface area contributed by atoms with Crippen LogP contribution in [0.1, 0.15) is 5.56 Å². The van der Waals surface area contributed by atoms with Gasteiger partial charge in [-0.3, -0.25) is 0 Å². The van der Waals surface area contributed by atoms with Gasteiger partial charge in [-0.25, -0.2) is 9.50 Å². The van der Waals surface area contributed by atoms with Gasteiger partial charge in [0, 0.05) is 6.20 Å². The maximum Gasteiger partial charge on any atom is 0.157 e. The fraction of sp³-hybridized carbons (Fsp3) is 0.143. The van der Waals surface area contributed by atoms with Crippen LogP contribution in [0.3, 0.4) is 0 Å². The van der Waals surface area contributed by atoms with Gasteiger partial charge >= 0.3 is 0 Å². The number of rotatable bonds is 0. The Balaban J connectivity index is 2.97. The summed E-state index contributed by atoms with van der Waals surface area (Å²) in [7, 11) is 0. The highest BCUT2D eigenvalue weighted by Crippen LogP contribution is 2.27. The molecule has 0 saturated carbocycles. The van der Waals surface area contributed by atoms with Gasteiger partial charge < -0.3 is 0 Å². The fourth-order valence-corrected chi connectivity index (χ4v) is 1.87. The number of hydrogen-bond acceptors (Lipinski definition) is 2. The van der Waals surface area contributed by atoms with Gasteiger partial charge in [0.05, 0.1) is 4.47 Å². The molecule has 2 heterocycles. The molecule has 2 rings (SSSR count). The summed E-state index contributed by atoms with van der Waals surface area (Å²) in [4.78, 5) is 3.88. The predicted molar refractivity (Wildman–Crippen MR) is 50.4 cm³/mol. The molecule has 0 amide bonds. The molecule has 0 N–H and O–H groups in total. The third-order valence-corrected chi connectivity index (χ3v) is 2.92. The molecule has 0 bridgehead atoms. The van der Waals surface area contributed by atoms with Crippen LogP contribution in [0.4, 0.5) is 0 Å². The predicted octanol–water partition coefficient (Wildman–Crippen LogP) is 2.45. The van der Waals surface area contributed by atoms with Gasteiger partial charge in [-0.1, -0.05) is 11.6 Å². The zero-order valence-electron chi connectivity index (χ0n) is 6.25. The van der Waals surface area contributed by atoms with Crippen LogP contribution in [0.2, 0.25) is 5.15 Å². The highest BCUT2D eigenvalue weighted by molar-refractivity contribution is 9.10. The minimum absolute atomic E-state index is 0.463. The normalized spacial score (nSPS) is 10.9. The third kappa shape index (κ3) is 1.03.